The Balaban J connectivity index is 1.80. The normalized spacial score (nSPS) is 10.8. The van der Waals surface area contributed by atoms with Crippen molar-refractivity contribution in [1.29, 1.82) is 0 Å². The Morgan fingerprint density at radius 3 is 2.58 bits per heavy atom. The topological polar surface area (TPSA) is 29.9 Å². The predicted octanol–water partition coefficient (Wildman–Crippen LogP) is 3.49. The van der Waals surface area contributed by atoms with E-state index in [2.05, 4.69) is 58.9 Å². The average molecular weight is 251 g/mol. The van der Waals surface area contributed by atoms with Crippen LogP contribution in [0.2, 0.25) is 0 Å². The second kappa shape index (κ2) is 4.76. The Kier molecular flexibility index (Phi) is 2.95. The first kappa shape index (κ1) is 11.8. The van der Waals surface area contributed by atoms with Crippen molar-refractivity contribution >= 4 is 16.5 Å². The minimum absolute atomic E-state index is 0.787. The van der Waals surface area contributed by atoms with E-state index in [1.165, 1.54) is 16.5 Å². The SMILES string of the molecule is Cc1cc(CNc2ccc3ccccc3c2)n(C)n1. The van der Waals surface area contributed by atoms with Gasteiger partial charge in [-0.2, -0.15) is 5.10 Å². The molecule has 0 fully saturated rings. The number of aromatic nitrogens is 2. The van der Waals surface area contributed by atoms with Crippen LogP contribution in [-0.2, 0) is 13.6 Å². The third-order valence-corrected chi connectivity index (χ3v) is 3.32. The van der Waals surface area contributed by atoms with E-state index in [1.807, 2.05) is 18.7 Å². The zero-order chi connectivity index (χ0) is 13.2. The molecule has 2 aromatic carbocycles. The molecule has 3 heteroatoms. The number of hydrogen-bond donors (Lipinski definition) is 1. The summed E-state index contributed by atoms with van der Waals surface area (Å²) in [5.74, 6) is 0. The van der Waals surface area contributed by atoms with Crippen LogP contribution in [0.1, 0.15) is 11.4 Å². The molecule has 0 unspecified atom stereocenters. The van der Waals surface area contributed by atoms with Gasteiger partial charge in [0.25, 0.3) is 0 Å². The van der Waals surface area contributed by atoms with Crippen molar-refractivity contribution in [1.82, 2.24) is 9.78 Å². The number of benzene rings is 2. The molecule has 0 saturated carbocycles. The van der Waals surface area contributed by atoms with Gasteiger partial charge in [0.05, 0.1) is 17.9 Å². The van der Waals surface area contributed by atoms with Crippen molar-refractivity contribution in [3.05, 3.63) is 59.9 Å². The first-order valence-electron chi connectivity index (χ1n) is 6.44. The van der Waals surface area contributed by atoms with Crippen LogP contribution in [0.15, 0.2) is 48.5 Å². The van der Waals surface area contributed by atoms with E-state index in [1.54, 1.807) is 0 Å². The van der Waals surface area contributed by atoms with Crippen LogP contribution in [0, 0.1) is 6.92 Å². The molecular weight excluding hydrogens is 234 g/mol. The number of nitrogens with zero attached hydrogens (tertiary/aromatic N) is 2. The molecule has 3 nitrogen and oxygen atoms in total. The number of fused-ring (bicyclic) bond motifs is 1. The number of anilines is 1. The van der Waals surface area contributed by atoms with Gasteiger partial charge in [0.2, 0.25) is 0 Å². The summed E-state index contributed by atoms with van der Waals surface area (Å²) >= 11 is 0. The van der Waals surface area contributed by atoms with Crippen molar-refractivity contribution in [2.24, 2.45) is 7.05 Å². The lowest BCUT2D eigenvalue weighted by atomic mass is 10.1. The summed E-state index contributed by atoms with van der Waals surface area (Å²) in [6.45, 7) is 2.80. The van der Waals surface area contributed by atoms with Crippen LogP contribution in [0.25, 0.3) is 10.8 Å². The molecule has 0 radical (unpaired) electrons. The van der Waals surface area contributed by atoms with E-state index in [-0.39, 0.29) is 0 Å². The summed E-state index contributed by atoms with van der Waals surface area (Å²) in [5, 5.41) is 10.3. The number of nitrogens with one attached hydrogen (secondary N) is 1. The molecule has 0 atom stereocenters. The van der Waals surface area contributed by atoms with Crippen molar-refractivity contribution in [3.63, 3.8) is 0 Å². The Bertz CT molecular complexity index is 713. The lowest BCUT2D eigenvalue weighted by molar-refractivity contribution is 0.713. The molecule has 19 heavy (non-hydrogen) atoms. The van der Waals surface area contributed by atoms with E-state index in [9.17, 15) is 0 Å². The molecular formula is C16H17N3. The number of aryl methyl sites for hydroxylation is 2. The summed E-state index contributed by atoms with van der Waals surface area (Å²) in [5.41, 5.74) is 3.38. The van der Waals surface area contributed by atoms with Crippen LogP contribution < -0.4 is 5.32 Å². The molecule has 0 aliphatic heterocycles. The van der Waals surface area contributed by atoms with Crippen molar-refractivity contribution in [3.8, 4) is 0 Å². The van der Waals surface area contributed by atoms with E-state index in [0.29, 0.717) is 0 Å². The van der Waals surface area contributed by atoms with Crippen LogP contribution in [-0.4, -0.2) is 9.78 Å². The van der Waals surface area contributed by atoms with Gasteiger partial charge >= 0.3 is 0 Å². The maximum absolute atomic E-state index is 4.35. The predicted molar refractivity (Wildman–Crippen MR) is 79.2 cm³/mol. The second-order valence-electron chi connectivity index (χ2n) is 4.82. The van der Waals surface area contributed by atoms with Gasteiger partial charge in [0.15, 0.2) is 0 Å². The van der Waals surface area contributed by atoms with Gasteiger partial charge in [-0.25, -0.2) is 0 Å². The zero-order valence-corrected chi connectivity index (χ0v) is 11.2. The van der Waals surface area contributed by atoms with Gasteiger partial charge < -0.3 is 5.32 Å². The van der Waals surface area contributed by atoms with E-state index < -0.39 is 0 Å². The molecule has 1 heterocycles. The fourth-order valence-corrected chi connectivity index (χ4v) is 2.32. The molecule has 0 aliphatic rings. The molecule has 0 spiro atoms. The monoisotopic (exact) mass is 251 g/mol. The van der Waals surface area contributed by atoms with Crippen molar-refractivity contribution in [2.75, 3.05) is 5.32 Å². The third-order valence-electron chi connectivity index (χ3n) is 3.32. The largest absolute Gasteiger partial charge is 0.379 e. The summed E-state index contributed by atoms with van der Waals surface area (Å²) in [6.07, 6.45) is 0. The molecule has 0 bridgehead atoms. The van der Waals surface area contributed by atoms with Gasteiger partial charge in [-0.05, 0) is 35.9 Å². The highest BCUT2D eigenvalue weighted by atomic mass is 15.3. The van der Waals surface area contributed by atoms with Gasteiger partial charge in [-0.1, -0.05) is 30.3 Å². The molecule has 1 N–H and O–H groups in total. The van der Waals surface area contributed by atoms with Gasteiger partial charge in [0.1, 0.15) is 0 Å². The molecule has 3 aromatic rings. The molecule has 96 valence electrons. The van der Waals surface area contributed by atoms with Crippen molar-refractivity contribution in [2.45, 2.75) is 13.5 Å². The standard InChI is InChI=1S/C16H17N3/c1-12-9-16(19(2)18-12)11-17-15-8-7-13-5-3-4-6-14(13)10-15/h3-10,17H,11H2,1-2H3. The highest BCUT2D eigenvalue weighted by Crippen LogP contribution is 2.19. The van der Waals surface area contributed by atoms with Gasteiger partial charge in [-0.3, -0.25) is 4.68 Å². The highest BCUT2D eigenvalue weighted by Gasteiger charge is 2.02. The van der Waals surface area contributed by atoms with Gasteiger partial charge in [-0.15, -0.1) is 0 Å². The van der Waals surface area contributed by atoms with Crippen LogP contribution >= 0.6 is 0 Å². The smallest absolute Gasteiger partial charge is 0.0597 e. The Labute approximate surface area is 112 Å². The number of rotatable bonds is 3. The summed E-state index contributed by atoms with van der Waals surface area (Å²) in [6, 6.07) is 16.9. The number of hydrogen-bond acceptors (Lipinski definition) is 2. The second-order valence-corrected chi connectivity index (χ2v) is 4.82. The minimum atomic E-state index is 0.787. The Morgan fingerprint density at radius 2 is 1.84 bits per heavy atom. The third kappa shape index (κ3) is 2.45. The molecule has 0 saturated heterocycles. The lowest BCUT2D eigenvalue weighted by Crippen LogP contribution is -2.05. The first-order valence-corrected chi connectivity index (χ1v) is 6.44. The summed E-state index contributed by atoms with van der Waals surface area (Å²) in [4.78, 5) is 0. The maximum atomic E-state index is 4.35. The van der Waals surface area contributed by atoms with Crippen LogP contribution in [0.4, 0.5) is 5.69 Å². The first-order chi connectivity index (χ1) is 9.22. The zero-order valence-electron chi connectivity index (χ0n) is 11.2. The van der Waals surface area contributed by atoms with E-state index >= 15 is 0 Å². The molecule has 0 aliphatic carbocycles. The van der Waals surface area contributed by atoms with Crippen LogP contribution in [0.3, 0.4) is 0 Å². The van der Waals surface area contributed by atoms with Crippen molar-refractivity contribution < 1.29 is 0 Å². The Hall–Kier alpha value is -2.29. The van der Waals surface area contributed by atoms with Crippen LogP contribution in [0.5, 0.6) is 0 Å². The van der Waals surface area contributed by atoms with Gasteiger partial charge in [0, 0.05) is 12.7 Å². The quantitative estimate of drug-likeness (QED) is 0.772. The highest BCUT2D eigenvalue weighted by molar-refractivity contribution is 5.85. The fraction of sp³-hybridized carbons (Fsp3) is 0.188. The van der Waals surface area contributed by atoms with E-state index in [4.69, 9.17) is 0 Å². The maximum Gasteiger partial charge on any atom is 0.0597 e. The fourth-order valence-electron chi connectivity index (χ4n) is 2.32. The molecule has 0 amide bonds. The summed E-state index contributed by atoms with van der Waals surface area (Å²) < 4.78 is 1.92. The summed E-state index contributed by atoms with van der Waals surface area (Å²) in [7, 11) is 1.98. The minimum Gasteiger partial charge on any atom is -0.379 e. The molecule has 1 aromatic heterocycles. The molecule has 3 rings (SSSR count). The lowest BCUT2D eigenvalue weighted by Gasteiger charge is -2.07. The Morgan fingerprint density at radius 1 is 1.05 bits per heavy atom. The average Bonchev–Trinajstić information content (AvgIpc) is 2.74. The van der Waals surface area contributed by atoms with E-state index in [0.717, 1.165) is 17.9 Å².